The number of nitrogens with zero attached hydrogens (tertiary/aromatic N) is 1. The van der Waals surface area contributed by atoms with Gasteiger partial charge in [0.2, 0.25) is 0 Å². The number of rotatable bonds is 4. The zero-order chi connectivity index (χ0) is 13.1. The van der Waals surface area contributed by atoms with E-state index < -0.39 is 5.76 Å². The van der Waals surface area contributed by atoms with Crippen molar-refractivity contribution >= 4 is 11.1 Å². The van der Waals surface area contributed by atoms with Crippen LogP contribution >= 0.6 is 0 Å². The molecule has 19 heavy (non-hydrogen) atoms. The monoisotopic (exact) mass is 262 g/mol. The van der Waals surface area contributed by atoms with Crippen LogP contribution in [0, 0.1) is 0 Å². The first-order valence-electron chi connectivity index (χ1n) is 6.57. The smallest absolute Gasteiger partial charge is 0.408 e. The summed E-state index contributed by atoms with van der Waals surface area (Å²) in [5.41, 5.74) is 2.50. The number of benzene rings is 1. The number of aromatic nitrogens is 1. The first kappa shape index (κ1) is 12.4. The number of nitrogens with one attached hydrogen (secondary N) is 3. The zero-order valence-electron chi connectivity index (χ0n) is 10.7. The van der Waals surface area contributed by atoms with Gasteiger partial charge < -0.3 is 15.1 Å². The maximum absolute atomic E-state index is 11.1. The summed E-state index contributed by atoms with van der Waals surface area (Å²) in [4.78, 5) is 16.1. The third-order valence-corrected chi connectivity index (χ3v) is 3.36. The Kier molecular flexibility index (Phi) is 3.63. The van der Waals surface area contributed by atoms with Gasteiger partial charge in [0.25, 0.3) is 0 Å². The van der Waals surface area contributed by atoms with Crippen molar-refractivity contribution in [1.82, 2.24) is 20.5 Å². The molecule has 0 radical (unpaired) electrons. The summed E-state index contributed by atoms with van der Waals surface area (Å²) in [6.45, 7) is 5.96. The van der Waals surface area contributed by atoms with Crippen LogP contribution in [0.15, 0.2) is 27.4 Å². The standard InChI is InChI=1S/C13H18N4O2/c18-13-16-11-7-10(1-2-12(11)19-13)8-15-9-17-5-3-14-4-6-17/h1-2,7,14-15H,3-6,8-9H2,(H,16,18). The van der Waals surface area contributed by atoms with E-state index in [4.69, 9.17) is 4.42 Å². The van der Waals surface area contributed by atoms with Gasteiger partial charge in [0, 0.05) is 39.4 Å². The molecule has 0 bridgehead atoms. The number of fused-ring (bicyclic) bond motifs is 1. The van der Waals surface area contributed by atoms with Gasteiger partial charge in [0.15, 0.2) is 5.58 Å². The Morgan fingerprint density at radius 1 is 1.32 bits per heavy atom. The van der Waals surface area contributed by atoms with Crippen LogP contribution in [0.1, 0.15) is 5.56 Å². The lowest BCUT2D eigenvalue weighted by Crippen LogP contribution is -2.46. The number of oxazole rings is 1. The Morgan fingerprint density at radius 3 is 3.00 bits per heavy atom. The van der Waals surface area contributed by atoms with E-state index in [1.165, 1.54) is 0 Å². The van der Waals surface area contributed by atoms with E-state index in [2.05, 4.69) is 20.5 Å². The molecular formula is C13H18N4O2. The average Bonchev–Trinajstić information content (AvgIpc) is 2.79. The average molecular weight is 262 g/mol. The van der Waals surface area contributed by atoms with Gasteiger partial charge >= 0.3 is 5.76 Å². The summed E-state index contributed by atoms with van der Waals surface area (Å²) in [7, 11) is 0. The summed E-state index contributed by atoms with van der Waals surface area (Å²) in [5.74, 6) is -0.402. The molecular weight excluding hydrogens is 244 g/mol. The highest BCUT2D eigenvalue weighted by Gasteiger charge is 2.08. The maximum Gasteiger partial charge on any atom is 0.417 e. The Bertz CT molecular complexity index is 598. The largest absolute Gasteiger partial charge is 0.417 e. The quantitative estimate of drug-likeness (QED) is 0.727. The number of hydrogen-bond acceptors (Lipinski definition) is 5. The molecule has 3 rings (SSSR count). The van der Waals surface area contributed by atoms with Crippen molar-refractivity contribution in [3.63, 3.8) is 0 Å². The second-order valence-electron chi connectivity index (χ2n) is 4.80. The molecule has 0 atom stereocenters. The minimum absolute atomic E-state index is 0.402. The predicted octanol–water partition coefficient (Wildman–Crippen LogP) is 0.0734. The van der Waals surface area contributed by atoms with Gasteiger partial charge in [-0.05, 0) is 17.7 Å². The van der Waals surface area contributed by atoms with Crippen molar-refractivity contribution in [2.24, 2.45) is 0 Å². The topological polar surface area (TPSA) is 73.3 Å². The van der Waals surface area contributed by atoms with Gasteiger partial charge in [0.1, 0.15) is 0 Å². The molecule has 0 unspecified atom stereocenters. The van der Waals surface area contributed by atoms with Crippen LogP contribution in [0.25, 0.3) is 11.1 Å². The fourth-order valence-electron chi connectivity index (χ4n) is 2.34. The van der Waals surface area contributed by atoms with Gasteiger partial charge in [-0.15, -0.1) is 0 Å². The van der Waals surface area contributed by atoms with Crippen LogP contribution in [0.3, 0.4) is 0 Å². The molecule has 1 saturated heterocycles. The minimum Gasteiger partial charge on any atom is -0.408 e. The fraction of sp³-hybridized carbons (Fsp3) is 0.462. The van der Waals surface area contributed by atoms with E-state index in [0.29, 0.717) is 5.58 Å². The van der Waals surface area contributed by atoms with Crippen LogP contribution in [-0.2, 0) is 6.54 Å². The molecule has 102 valence electrons. The SMILES string of the molecule is O=c1[nH]c2cc(CNCN3CCNCC3)ccc2o1. The van der Waals surface area contributed by atoms with Crippen molar-refractivity contribution in [3.8, 4) is 0 Å². The van der Waals surface area contributed by atoms with Crippen molar-refractivity contribution in [2.75, 3.05) is 32.8 Å². The van der Waals surface area contributed by atoms with Gasteiger partial charge in [-0.3, -0.25) is 9.88 Å². The van der Waals surface area contributed by atoms with Gasteiger partial charge in [-0.2, -0.15) is 0 Å². The van der Waals surface area contributed by atoms with Gasteiger partial charge in [-0.25, -0.2) is 4.79 Å². The zero-order valence-corrected chi connectivity index (χ0v) is 10.7. The first-order valence-corrected chi connectivity index (χ1v) is 6.57. The molecule has 0 amide bonds. The fourth-order valence-corrected chi connectivity index (χ4v) is 2.34. The molecule has 0 aliphatic carbocycles. The molecule has 1 aliphatic rings. The van der Waals surface area contributed by atoms with E-state index in [0.717, 1.165) is 50.5 Å². The third-order valence-electron chi connectivity index (χ3n) is 3.36. The number of hydrogen-bond donors (Lipinski definition) is 3. The molecule has 6 nitrogen and oxygen atoms in total. The third kappa shape index (κ3) is 3.04. The molecule has 6 heteroatoms. The lowest BCUT2D eigenvalue weighted by molar-refractivity contribution is 0.223. The van der Waals surface area contributed by atoms with E-state index >= 15 is 0 Å². The van der Waals surface area contributed by atoms with Crippen molar-refractivity contribution in [1.29, 1.82) is 0 Å². The van der Waals surface area contributed by atoms with Crippen LogP contribution in [-0.4, -0.2) is 42.7 Å². The number of H-pyrrole nitrogens is 1. The molecule has 1 aliphatic heterocycles. The summed E-state index contributed by atoms with van der Waals surface area (Å²) in [6.07, 6.45) is 0. The van der Waals surface area contributed by atoms with Crippen LogP contribution in [0.2, 0.25) is 0 Å². The van der Waals surface area contributed by atoms with Crippen LogP contribution in [0.4, 0.5) is 0 Å². The molecule has 1 fully saturated rings. The van der Waals surface area contributed by atoms with Crippen molar-refractivity contribution < 1.29 is 4.42 Å². The van der Waals surface area contributed by atoms with Crippen molar-refractivity contribution in [2.45, 2.75) is 6.54 Å². The van der Waals surface area contributed by atoms with E-state index in [1.807, 2.05) is 18.2 Å². The van der Waals surface area contributed by atoms with Gasteiger partial charge in [-0.1, -0.05) is 6.07 Å². The first-order chi connectivity index (χ1) is 9.31. The minimum atomic E-state index is -0.402. The Labute approximate surface area is 110 Å². The Balaban J connectivity index is 1.57. The van der Waals surface area contributed by atoms with Crippen LogP contribution in [0.5, 0.6) is 0 Å². The second-order valence-corrected chi connectivity index (χ2v) is 4.80. The van der Waals surface area contributed by atoms with E-state index in [1.54, 1.807) is 0 Å². The second kappa shape index (κ2) is 5.56. The summed E-state index contributed by atoms with van der Waals surface area (Å²) < 4.78 is 4.98. The van der Waals surface area contributed by atoms with Crippen LogP contribution < -0.4 is 16.4 Å². The Hall–Kier alpha value is -1.63. The predicted molar refractivity (Wildman–Crippen MR) is 73.0 cm³/mol. The van der Waals surface area contributed by atoms with E-state index in [-0.39, 0.29) is 0 Å². The highest BCUT2D eigenvalue weighted by molar-refractivity contribution is 5.72. The summed E-state index contributed by atoms with van der Waals surface area (Å²) in [5, 5.41) is 6.75. The highest BCUT2D eigenvalue weighted by atomic mass is 16.4. The number of piperazine rings is 1. The molecule has 2 aromatic rings. The highest BCUT2D eigenvalue weighted by Crippen LogP contribution is 2.11. The van der Waals surface area contributed by atoms with Gasteiger partial charge in [0.05, 0.1) is 5.52 Å². The molecule has 1 aromatic heterocycles. The normalized spacial score (nSPS) is 17.1. The lowest BCUT2D eigenvalue weighted by Gasteiger charge is -2.27. The lowest BCUT2D eigenvalue weighted by atomic mass is 10.2. The Morgan fingerprint density at radius 2 is 2.16 bits per heavy atom. The van der Waals surface area contributed by atoms with E-state index in [9.17, 15) is 4.79 Å². The molecule has 2 heterocycles. The summed E-state index contributed by atoms with van der Waals surface area (Å²) in [6, 6.07) is 5.75. The maximum atomic E-state index is 11.1. The van der Waals surface area contributed by atoms with Crippen molar-refractivity contribution in [3.05, 3.63) is 34.3 Å². The molecule has 0 saturated carbocycles. The summed E-state index contributed by atoms with van der Waals surface area (Å²) >= 11 is 0. The molecule has 3 N–H and O–H groups in total. The molecule has 0 spiro atoms. The number of aromatic amines is 1. The molecule has 1 aromatic carbocycles.